The summed E-state index contributed by atoms with van der Waals surface area (Å²) in [5, 5.41) is 5.37. The van der Waals surface area contributed by atoms with Gasteiger partial charge in [0.15, 0.2) is 0 Å². The number of pyridine rings is 1. The number of benzene rings is 1. The van der Waals surface area contributed by atoms with Crippen molar-refractivity contribution in [1.29, 1.82) is 0 Å². The van der Waals surface area contributed by atoms with E-state index in [9.17, 15) is 9.59 Å². The molecule has 28 heavy (non-hydrogen) atoms. The van der Waals surface area contributed by atoms with Crippen LogP contribution in [0.3, 0.4) is 0 Å². The summed E-state index contributed by atoms with van der Waals surface area (Å²) < 4.78 is 5.60. The Labute approximate surface area is 170 Å². The first-order chi connectivity index (χ1) is 13.5. The Morgan fingerprint density at radius 3 is 2.68 bits per heavy atom. The van der Waals surface area contributed by atoms with Crippen LogP contribution >= 0.6 is 11.8 Å². The van der Waals surface area contributed by atoms with Crippen LogP contribution in [0, 0.1) is 6.92 Å². The first-order valence-electron chi connectivity index (χ1n) is 9.32. The molecular formula is C21H27N3O3S. The number of nitrogens with one attached hydrogen (secondary N) is 2. The topological polar surface area (TPSA) is 80.3 Å². The molecule has 1 aromatic heterocycles. The second kappa shape index (κ2) is 11.3. The van der Waals surface area contributed by atoms with Crippen molar-refractivity contribution in [1.82, 2.24) is 10.3 Å². The fourth-order valence-electron chi connectivity index (χ4n) is 2.32. The van der Waals surface area contributed by atoms with Crippen LogP contribution in [0.25, 0.3) is 0 Å². The molecule has 0 aliphatic carbocycles. The number of anilines is 1. The van der Waals surface area contributed by atoms with Gasteiger partial charge < -0.3 is 15.4 Å². The minimum atomic E-state index is -0.347. The third-order valence-electron chi connectivity index (χ3n) is 3.91. The van der Waals surface area contributed by atoms with E-state index in [1.165, 1.54) is 11.8 Å². The maximum absolute atomic E-state index is 12.3. The van der Waals surface area contributed by atoms with Crippen LogP contribution in [0.5, 0.6) is 5.88 Å². The molecule has 150 valence electrons. The second-order valence-corrected chi connectivity index (χ2v) is 7.73. The van der Waals surface area contributed by atoms with Gasteiger partial charge in [0, 0.05) is 24.0 Å². The minimum absolute atomic E-state index is 0.126. The van der Waals surface area contributed by atoms with Crippen molar-refractivity contribution in [2.24, 2.45) is 0 Å². The lowest BCUT2D eigenvalue weighted by molar-refractivity contribution is -0.120. The van der Waals surface area contributed by atoms with Crippen LogP contribution in [-0.2, 0) is 16.1 Å². The third kappa shape index (κ3) is 7.23. The highest BCUT2D eigenvalue weighted by molar-refractivity contribution is 8.01. The number of nitrogens with zero attached hydrogens (tertiary/aromatic N) is 1. The van der Waals surface area contributed by atoms with Crippen LogP contribution in [0.2, 0.25) is 0 Å². The largest absolute Gasteiger partial charge is 0.477 e. The third-order valence-corrected chi connectivity index (χ3v) is 5.06. The average molecular weight is 402 g/mol. The van der Waals surface area contributed by atoms with Gasteiger partial charge in [0.2, 0.25) is 17.7 Å². The number of aromatic nitrogens is 1. The summed E-state index contributed by atoms with van der Waals surface area (Å²) in [5.74, 6) is 0.497. The minimum Gasteiger partial charge on any atom is -0.477 e. The Balaban J connectivity index is 1.76. The maximum atomic E-state index is 12.3. The molecule has 2 rings (SSSR count). The number of ether oxygens (including phenoxy) is 1. The van der Waals surface area contributed by atoms with Gasteiger partial charge in [-0.1, -0.05) is 30.7 Å². The van der Waals surface area contributed by atoms with Crippen molar-refractivity contribution in [2.45, 2.75) is 39.0 Å². The molecule has 6 nitrogen and oxygen atoms in total. The van der Waals surface area contributed by atoms with E-state index in [1.54, 1.807) is 13.1 Å². The highest BCUT2D eigenvalue weighted by Crippen LogP contribution is 2.16. The van der Waals surface area contributed by atoms with Crippen molar-refractivity contribution in [3.05, 3.63) is 53.7 Å². The number of aryl methyl sites for hydroxylation is 1. The molecule has 0 spiro atoms. The van der Waals surface area contributed by atoms with Crippen LogP contribution in [0.1, 0.15) is 31.4 Å². The average Bonchev–Trinajstić information content (AvgIpc) is 2.71. The maximum Gasteiger partial charge on any atom is 0.234 e. The monoisotopic (exact) mass is 401 g/mol. The fraction of sp³-hybridized carbons (Fsp3) is 0.381. The van der Waals surface area contributed by atoms with Crippen LogP contribution in [0.4, 0.5) is 5.69 Å². The summed E-state index contributed by atoms with van der Waals surface area (Å²) in [6, 6.07) is 11.3. The van der Waals surface area contributed by atoms with Gasteiger partial charge >= 0.3 is 0 Å². The summed E-state index contributed by atoms with van der Waals surface area (Å²) in [7, 11) is 0. The highest BCUT2D eigenvalue weighted by Gasteiger charge is 2.16. The van der Waals surface area contributed by atoms with Gasteiger partial charge in [-0.3, -0.25) is 9.59 Å². The van der Waals surface area contributed by atoms with E-state index in [1.807, 2.05) is 50.2 Å². The van der Waals surface area contributed by atoms with Gasteiger partial charge in [0.1, 0.15) is 0 Å². The van der Waals surface area contributed by atoms with Crippen molar-refractivity contribution < 1.29 is 14.3 Å². The number of hydrogen-bond acceptors (Lipinski definition) is 5. The van der Waals surface area contributed by atoms with Crippen molar-refractivity contribution >= 4 is 29.3 Å². The molecule has 0 bridgehead atoms. The van der Waals surface area contributed by atoms with E-state index < -0.39 is 0 Å². The Morgan fingerprint density at radius 1 is 1.21 bits per heavy atom. The predicted octanol–water partition coefficient (Wildman–Crippen LogP) is 3.56. The quantitative estimate of drug-likeness (QED) is 0.636. The van der Waals surface area contributed by atoms with E-state index >= 15 is 0 Å². The zero-order chi connectivity index (χ0) is 20.4. The summed E-state index contributed by atoms with van der Waals surface area (Å²) >= 11 is 1.30. The highest BCUT2D eigenvalue weighted by atomic mass is 32.2. The van der Waals surface area contributed by atoms with Crippen molar-refractivity contribution in [3.8, 4) is 5.88 Å². The number of carbonyl (C=O) groups is 2. The summed E-state index contributed by atoms with van der Waals surface area (Å²) in [4.78, 5) is 28.6. The van der Waals surface area contributed by atoms with E-state index in [0.717, 1.165) is 23.2 Å². The lowest BCUT2D eigenvalue weighted by atomic mass is 10.2. The van der Waals surface area contributed by atoms with Gasteiger partial charge in [0.05, 0.1) is 17.6 Å². The molecule has 0 aliphatic rings. The van der Waals surface area contributed by atoms with Crippen LogP contribution in [-0.4, -0.2) is 34.4 Å². The Bertz CT molecular complexity index is 781. The molecule has 0 saturated carbocycles. The number of rotatable bonds is 10. The molecule has 1 atom stereocenters. The van der Waals surface area contributed by atoms with E-state index in [0.29, 0.717) is 19.0 Å². The molecule has 1 unspecified atom stereocenters. The molecule has 0 aliphatic heterocycles. The summed E-state index contributed by atoms with van der Waals surface area (Å²) in [5.41, 5.74) is 2.72. The lowest BCUT2D eigenvalue weighted by Gasteiger charge is -2.14. The normalized spacial score (nSPS) is 11.5. The van der Waals surface area contributed by atoms with Crippen LogP contribution < -0.4 is 15.4 Å². The molecule has 2 N–H and O–H groups in total. The van der Waals surface area contributed by atoms with Gasteiger partial charge in [0.25, 0.3) is 0 Å². The first-order valence-corrected chi connectivity index (χ1v) is 10.4. The van der Waals surface area contributed by atoms with Gasteiger partial charge in [-0.15, -0.1) is 11.8 Å². The number of thioether (sulfide) groups is 1. The second-order valence-electron chi connectivity index (χ2n) is 6.40. The van der Waals surface area contributed by atoms with Crippen LogP contribution in [0.15, 0.2) is 42.6 Å². The molecule has 2 amide bonds. The molecular weight excluding hydrogens is 374 g/mol. The Kier molecular flexibility index (Phi) is 8.81. The van der Waals surface area contributed by atoms with E-state index in [4.69, 9.17) is 4.74 Å². The molecule has 1 heterocycles. The zero-order valence-corrected chi connectivity index (χ0v) is 17.3. The standard InChI is InChI=1S/C21H27N3O3S/c1-4-12-27-21-17(6-5-11-22-21)13-23-20(26)16(3)28-14-19(25)24-18-9-7-15(2)8-10-18/h5-11,16H,4,12-14H2,1-3H3,(H,23,26)(H,24,25). The number of hydrogen-bond donors (Lipinski definition) is 2. The Hall–Kier alpha value is -2.54. The molecule has 0 saturated heterocycles. The summed E-state index contributed by atoms with van der Waals surface area (Å²) in [6.07, 6.45) is 2.56. The lowest BCUT2D eigenvalue weighted by Crippen LogP contribution is -2.31. The molecule has 0 radical (unpaired) electrons. The van der Waals surface area contributed by atoms with Crippen molar-refractivity contribution in [2.75, 3.05) is 17.7 Å². The molecule has 1 aromatic carbocycles. The first kappa shape index (κ1) is 21.8. The van der Waals surface area contributed by atoms with Gasteiger partial charge in [-0.05, 0) is 38.5 Å². The molecule has 2 aromatic rings. The number of amides is 2. The van der Waals surface area contributed by atoms with Crippen molar-refractivity contribution in [3.63, 3.8) is 0 Å². The summed E-state index contributed by atoms with van der Waals surface area (Å²) in [6.45, 7) is 6.73. The zero-order valence-electron chi connectivity index (χ0n) is 16.5. The SMILES string of the molecule is CCCOc1ncccc1CNC(=O)C(C)SCC(=O)Nc1ccc(C)cc1. The molecule has 7 heteroatoms. The smallest absolute Gasteiger partial charge is 0.234 e. The molecule has 0 fully saturated rings. The van der Waals surface area contributed by atoms with Gasteiger partial charge in [-0.25, -0.2) is 4.98 Å². The van der Waals surface area contributed by atoms with E-state index in [2.05, 4.69) is 15.6 Å². The van der Waals surface area contributed by atoms with E-state index in [-0.39, 0.29) is 22.8 Å². The fourth-order valence-corrected chi connectivity index (χ4v) is 3.03. The number of carbonyl (C=O) groups excluding carboxylic acids is 2. The Morgan fingerprint density at radius 2 is 1.96 bits per heavy atom. The predicted molar refractivity (Wildman–Crippen MR) is 114 cm³/mol. The van der Waals surface area contributed by atoms with Gasteiger partial charge in [-0.2, -0.15) is 0 Å².